The SMILES string of the molecule is CCC1(c2ccccc2C)N=C(C)NO1. The molecule has 0 saturated heterocycles. The predicted octanol–water partition coefficient (Wildman–Crippen LogP) is 2.51. The maximum Gasteiger partial charge on any atom is 0.212 e. The number of hydroxylamine groups is 1. The fraction of sp³-hybridized carbons (Fsp3) is 0.417. The summed E-state index contributed by atoms with van der Waals surface area (Å²) in [6, 6.07) is 8.20. The van der Waals surface area contributed by atoms with Gasteiger partial charge >= 0.3 is 0 Å². The quantitative estimate of drug-likeness (QED) is 0.803. The van der Waals surface area contributed by atoms with Gasteiger partial charge in [-0.15, -0.1) is 0 Å². The lowest BCUT2D eigenvalue weighted by molar-refractivity contribution is -0.0623. The Labute approximate surface area is 90.1 Å². The molecule has 0 aliphatic carbocycles. The van der Waals surface area contributed by atoms with E-state index in [1.165, 1.54) is 5.56 Å². The Kier molecular flexibility index (Phi) is 2.49. The van der Waals surface area contributed by atoms with Crippen molar-refractivity contribution < 1.29 is 4.84 Å². The highest BCUT2D eigenvalue weighted by Crippen LogP contribution is 2.34. The zero-order valence-corrected chi connectivity index (χ0v) is 9.37. The zero-order valence-electron chi connectivity index (χ0n) is 9.37. The highest BCUT2D eigenvalue weighted by atomic mass is 16.7. The summed E-state index contributed by atoms with van der Waals surface area (Å²) in [5, 5.41) is 0. The van der Waals surface area contributed by atoms with E-state index < -0.39 is 5.72 Å². The summed E-state index contributed by atoms with van der Waals surface area (Å²) >= 11 is 0. The van der Waals surface area contributed by atoms with Gasteiger partial charge in [0.25, 0.3) is 0 Å². The molecule has 0 fully saturated rings. The van der Waals surface area contributed by atoms with E-state index in [9.17, 15) is 0 Å². The average molecular weight is 204 g/mol. The minimum Gasteiger partial charge on any atom is -0.250 e. The highest BCUT2D eigenvalue weighted by molar-refractivity contribution is 5.80. The van der Waals surface area contributed by atoms with Crippen molar-refractivity contribution in [3.05, 3.63) is 35.4 Å². The molecule has 1 heterocycles. The predicted molar refractivity (Wildman–Crippen MR) is 60.5 cm³/mol. The summed E-state index contributed by atoms with van der Waals surface area (Å²) < 4.78 is 0. The van der Waals surface area contributed by atoms with Gasteiger partial charge in [-0.25, -0.2) is 9.83 Å². The number of amidine groups is 1. The number of hydrogen-bond donors (Lipinski definition) is 1. The number of benzene rings is 1. The molecule has 0 aromatic heterocycles. The molecule has 0 amide bonds. The van der Waals surface area contributed by atoms with Gasteiger partial charge in [-0.3, -0.25) is 5.48 Å². The van der Waals surface area contributed by atoms with Crippen LogP contribution in [0, 0.1) is 6.92 Å². The number of aryl methyl sites for hydroxylation is 1. The van der Waals surface area contributed by atoms with Gasteiger partial charge in [0.05, 0.1) is 0 Å². The fourth-order valence-electron chi connectivity index (χ4n) is 1.94. The Bertz CT molecular complexity index is 400. The van der Waals surface area contributed by atoms with Crippen molar-refractivity contribution in [1.82, 2.24) is 5.48 Å². The number of hydrogen-bond acceptors (Lipinski definition) is 3. The Balaban J connectivity index is 2.48. The fourth-order valence-corrected chi connectivity index (χ4v) is 1.94. The standard InChI is InChI=1S/C12H16N2O/c1-4-12(13-10(3)14-15-12)11-8-6-5-7-9(11)2/h5-8H,4H2,1-3H3,(H,13,14). The van der Waals surface area contributed by atoms with Crippen LogP contribution < -0.4 is 5.48 Å². The number of aliphatic imine (C=N–C) groups is 1. The molecule has 3 heteroatoms. The van der Waals surface area contributed by atoms with Crippen molar-refractivity contribution in [3.8, 4) is 0 Å². The minimum absolute atomic E-state index is 0.532. The Morgan fingerprint density at radius 2 is 2.07 bits per heavy atom. The third kappa shape index (κ3) is 1.63. The summed E-state index contributed by atoms with van der Waals surface area (Å²) in [4.78, 5) is 10.2. The van der Waals surface area contributed by atoms with Crippen LogP contribution in [0.1, 0.15) is 31.4 Å². The van der Waals surface area contributed by atoms with Crippen LogP contribution in [0.25, 0.3) is 0 Å². The second-order valence-corrected chi connectivity index (χ2v) is 3.85. The second kappa shape index (κ2) is 3.66. The van der Waals surface area contributed by atoms with Crippen LogP contribution in [0.15, 0.2) is 29.3 Å². The normalized spacial score (nSPS) is 24.9. The van der Waals surface area contributed by atoms with Crippen molar-refractivity contribution in [2.24, 2.45) is 4.99 Å². The molecule has 0 bridgehead atoms. The molecule has 2 rings (SSSR count). The lowest BCUT2D eigenvalue weighted by Crippen LogP contribution is -2.27. The molecular weight excluding hydrogens is 188 g/mol. The molecule has 80 valence electrons. The van der Waals surface area contributed by atoms with Crippen LogP contribution in [-0.2, 0) is 10.6 Å². The Hall–Kier alpha value is -1.35. The molecule has 1 aliphatic heterocycles. The second-order valence-electron chi connectivity index (χ2n) is 3.85. The van der Waals surface area contributed by atoms with Crippen LogP contribution in [0.3, 0.4) is 0 Å². The maximum atomic E-state index is 5.62. The molecule has 1 aliphatic rings. The monoisotopic (exact) mass is 204 g/mol. The lowest BCUT2D eigenvalue weighted by Gasteiger charge is -2.24. The van der Waals surface area contributed by atoms with E-state index in [0.29, 0.717) is 0 Å². The molecule has 1 atom stereocenters. The molecule has 1 N–H and O–H groups in total. The van der Waals surface area contributed by atoms with Crippen molar-refractivity contribution >= 4 is 5.84 Å². The van der Waals surface area contributed by atoms with E-state index in [0.717, 1.165) is 17.8 Å². The molecule has 1 aromatic rings. The summed E-state index contributed by atoms with van der Waals surface area (Å²) in [6.45, 7) is 6.07. The summed E-state index contributed by atoms with van der Waals surface area (Å²) in [5.41, 5.74) is 4.65. The van der Waals surface area contributed by atoms with Crippen LogP contribution in [0.4, 0.5) is 0 Å². The molecule has 0 radical (unpaired) electrons. The highest BCUT2D eigenvalue weighted by Gasteiger charge is 2.36. The van der Waals surface area contributed by atoms with E-state index in [1.54, 1.807) is 0 Å². The summed E-state index contributed by atoms with van der Waals surface area (Å²) in [7, 11) is 0. The van der Waals surface area contributed by atoms with Crippen LogP contribution in [0.2, 0.25) is 0 Å². The van der Waals surface area contributed by atoms with Gasteiger partial charge in [-0.05, 0) is 19.4 Å². The van der Waals surface area contributed by atoms with Gasteiger partial charge in [0.2, 0.25) is 5.72 Å². The van der Waals surface area contributed by atoms with E-state index in [-0.39, 0.29) is 0 Å². The van der Waals surface area contributed by atoms with Crippen molar-refractivity contribution in [2.75, 3.05) is 0 Å². The van der Waals surface area contributed by atoms with E-state index >= 15 is 0 Å². The largest absolute Gasteiger partial charge is 0.250 e. The molecule has 3 nitrogen and oxygen atoms in total. The van der Waals surface area contributed by atoms with Gasteiger partial charge in [0.1, 0.15) is 5.84 Å². The first-order valence-corrected chi connectivity index (χ1v) is 5.24. The summed E-state index contributed by atoms with van der Waals surface area (Å²) in [5.74, 6) is 0.833. The van der Waals surface area contributed by atoms with E-state index in [4.69, 9.17) is 4.84 Å². The molecule has 0 saturated carbocycles. The zero-order chi connectivity index (χ0) is 10.9. The number of rotatable bonds is 2. The van der Waals surface area contributed by atoms with Crippen LogP contribution in [0.5, 0.6) is 0 Å². The van der Waals surface area contributed by atoms with E-state index in [1.807, 2.05) is 19.1 Å². The van der Waals surface area contributed by atoms with Gasteiger partial charge in [0, 0.05) is 12.0 Å². The minimum atomic E-state index is -0.532. The van der Waals surface area contributed by atoms with Crippen molar-refractivity contribution in [1.29, 1.82) is 0 Å². The van der Waals surface area contributed by atoms with Crippen molar-refractivity contribution in [2.45, 2.75) is 32.9 Å². The van der Waals surface area contributed by atoms with Crippen LogP contribution >= 0.6 is 0 Å². The Morgan fingerprint density at radius 3 is 2.60 bits per heavy atom. The average Bonchev–Trinajstić information content (AvgIpc) is 2.62. The van der Waals surface area contributed by atoms with Crippen LogP contribution in [-0.4, -0.2) is 5.84 Å². The first-order valence-electron chi connectivity index (χ1n) is 5.24. The topological polar surface area (TPSA) is 33.6 Å². The molecule has 15 heavy (non-hydrogen) atoms. The van der Waals surface area contributed by atoms with Gasteiger partial charge < -0.3 is 0 Å². The van der Waals surface area contributed by atoms with Gasteiger partial charge in [-0.1, -0.05) is 31.2 Å². The van der Waals surface area contributed by atoms with E-state index in [2.05, 4.69) is 36.5 Å². The molecule has 0 spiro atoms. The molecule has 1 aromatic carbocycles. The number of nitrogens with one attached hydrogen (secondary N) is 1. The maximum absolute atomic E-state index is 5.62. The molecule has 1 unspecified atom stereocenters. The first kappa shape index (κ1) is 10.2. The smallest absolute Gasteiger partial charge is 0.212 e. The van der Waals surface area contributed by atoms with Gasteiger partial charge in [-0.2, -0.15) is 0 Å². The number of nitrogens with zero attached hydrogens (tertiary/aromatic N) is 1. The first-order chi connectivity index (χ1) is 7.18. The Morgan fingerprint density at radius 1 is 1.33 bits per heavy atom. The van der Waals surface area contributed by atoms with Crippen molar-refractivity contribution in [3.63, 3.8) is 0 Å². The third-order valence-corrected chi connectivity index (χ3v) is 2.76. The van der Waals surface area contributed by atoms with Gasteiger partial charge in [0.15, 0.2) is 0 Å². The third-order valence-electron chi connectivity index (χ3n) is 2.76. The lowest BCUT2D eigenvalue weighted by atomic mass is 9.96. The summed E-state index contributed by atoms with van der Waals surface area (Å²) in [6.07, 6.45) is 0.822. The molecular formula is C12H16N2O.